The summed E-state index contributed by atoms with van der Waals surface area (Å²) < 4.78 is 5.38. The summed E-state index contributed by atoms with van der Waals surface area (Å²) in [6.07, 6.45) is 4.91. The predicted molar refractivity (Wildman–Crippen MR) is 115 cm³/mol. The monoisotopic (exact) mass is 406 g/mol. The minimum absolute atomic E-state index is 0.305. The van der Waals surface area contributed by atoms with Gasteiger partial charge in [-0.1, -0.05) is 12.1 Å². The van der Waals surface area contributed by atoms with Gasteiger partial charge in [0.2, 0.25) is 0 Å². The minimum atomic E-state index is -0.878. The van der Waals surface area contributed by atoms with E-state index in [4.69, 9.17) is 15.5 Å². The Hall–Kier alpha value is -3.26. The van der Waals surface area contributed by atoms with E-state index in [0.29, 0.717) is 29.1 Å². The summed E-state index contributed by atoms with van der Waals surface area (Å²) in [4.78, 5) is 13.5. The van der Waals surface area contributed by atoms with E-state index >= 15 is 0 Å². The Bertz CT molecular complexity index is 1050. The zero-order valence-electron chi connectivity index (χ0n) is 17.3. The number of aliphatic imine (C=N–C) groups is 1. The number of rotatable bonds is 6. The summed E-state index contributed by atoms with van der Waals surface area (Å²) in [5, 5.41) is 17.5. The Labute approximate surface area is 175 Å². The molecule has 4 rings (SSSR count). The first kappa shape index (κ1) is 20.0. The molecular weight excluding hydrogens is 380 g/mol. The second-order valence-electron chi connectivity index (χ2n) is 8.07. The van der Waals surface area contributed by atoms with Gasteiger partial charge in [0.05, 0.1) is 24.6 Å². The van der Waals surface area contributed by atoms with Crippen LogP contribution in [0.3, 0.4) is 0 Å². The maximum absolute atomic E-state index is 10.1. The highest BCUT2D eigenvalue weighted by Crippen LogP contribution is 2.46. The Morgan fingerprint density at radius 2 is 2.03 bits per heavy atom. The first-order valence-corrected chi connectivity index (χ1v) is 9.93. The quantitative estimate of drug-likeness (QED) is 0.426. The Balaban J connectivity index is 1.48. The number of hydrogen-bond acceptors (Lipinski definition) is 6. The second kappa shape index (κ2) is 7.87. The van der Waals surface area contributed by atoms with Crippen molar-refractivity contribution in [2.45, 2.75) is 44.1 Å². The van der Waals surface area contributed by atoms with E-state index in [1.165, 1.54) is 6.34 Å². The number of aromatic amines is 1. The van der Waals surface area contributed by atoms with Crippen LogP contribution in [0.2, 0.25) is 0 Å². The molecule has 30 heavy (non-hydrogen) atoms. The molecule has 0 amide bonds. The molecule has 1 aromatic carbocycles. The van der Waals surface area contributed by atoms with Gasteiger partial charge in [0.25, 0.3) is 0 Å². The van der Waals surface area contributed by atoms with Gasteiger partial charge in [-0.05, 0) is 44.9 Å². The Morgan fingerprint density at radius 1 is 1.23 bits per heavy atom. The smallest absolute Gasteiger partial charge is 0.183 e. The predicted octanol–water partition coefficient (Wildman–Crippen LogP) is 3.38. The molecule has 0 saturated heterocycles. The molecule has 0 unspecified atom stereocenters. The lowest BCUT2D eigenvalue weighted by atomic mass is 9.72. The molecule has 2 heterocycles. The molecule has 0 spiro atoms. The maximum Gasteiger partial charge on any atom is 0.183 e. The number of hydrogen-bond donors (Lipinski definition) is 3. The van der Waals surface area contributed by atoms with Gasteiger partial charge in [0.1, 0.15) is 17.3 Å². The van der Waals surface area contributed by atoms with Crippen LogP contribution in [0.4, 0.5) is 5.69 Å². The number of aromatic nitrogens is 4. The molecule has 0 aliphatic heterocycles. The van der Waals surface area contributed by atoms with Crippen LogP contribution in [0.15, 0.2) is 41.5 Å². The number of H-pyrrole nitrogens is 1. The molecule has 0 atom stereocenters. The first-order chi connectivity index (χ1) is 14.4. The van der Waals surface area contributed by atoms with Gasteiger partial charge in [0, 0.05) is 29.3 Å². The van der Waals surface area contributed by atoms with Gasteiger partial charge in [-0.3, -0.25) is 10.1 Å². The van der Waals surface area contributed by atoms with Crippen molar-refractivity contribution in [3.63, 3.8) is 0 Å². The topological polar surface area (TPSA) is 122 Å². The molecule has 0 radical (unpaired) electrons. The molecule has 1 saturated carbocycles. The molecule has 8 heteroatoms. The Kier molecular flexibility index (Phi) is 5.26. The summed E-state index contributed by atoms with van der Waals surface area (Å²) in [5.41, 5.74) is 7.86. The number of nitrogens with two attached hydrogens (primary N) is 1. The molecule has 3 aromatic rings. The lowest BCUT2D eigenvalue weighted by Crippen LogP contribution is -2.22. The van der Waals surface area contributed by atoms with Crippen molar-refractivity contribution in [1.29, 1.82) is 0 Å². The van der Waals surface area contributed by atoms with Crippen molar-refractivity contribution in [2.75, 3.05) is 7.11 Å². The van der Waals surface area contributed by atoms with Crippen LogP contribution in [-0.4, -0.2) is 38.7 Å². The zero-order chi connectivity index (χ0) is 21.3. The van der Waals surface area contributed by atoms with Gasteiger partial charge < -0.3 is 15.6 Å². The molecule has 1 aliphatic rings. The number of ether oxygens (including phenoxy) is 1. The standard InChI is InChI=1S/C22H26N6O2/c1-22(2,29)15-7-8-17(24-11-15)13-9-14(10-13)20-26-21(28-27-20)16-5-4-6-18(30-3)19(16)25-12-23/h4-8,11-14,29H,9-10H2,1-3H3,(H2,23,25)(H,26,27,28). The fraction of sp³-hybridized carbons (Fsp3) is 0.364. The number of para-hydroxylation sites is 1. The SMILES string of the molecule is COc1cccc(-c2n[nH]c(C3CC(c4ccc(C(C)(C)O)cn4)C3)n2)c1N=CN. The van der Waals surface area contributed by atoms with Crippen LogP contribution in [0.25, 0.3) is 11.4 Å². The second-order valence-corrected chi connectivity index (χ2v) is 8.07. The van der Waals surface area contributed by atoms with Crippen molar-refractivity contribution in [3.05, 3.63) is 53.6 Å². The average Bonchev–Trinajstić information content (AvgIpc) is 3.16. The summed E-state index contributed by atoms with van der Waals surface area (Å²) >= 11 is 0. The van der Waals surface area contributed by atoms with E-state index in [0.717, 1.165) is 35.5 Å². The number of aliphatic hydroxyl groups is 1. The van der Waals surface area contributed by atoms with E-state index in [-0.39, 0.29) is 0 Å². The van der Waals surface area contributed by atoms with Crippen LogP contribution >= 0.6 is 0 Å². The molecule has 8 nitrogen and oxygen atoms in total. The van der Waals surface area contributed by atoms with Crippen LogP contribution in [0.1, 0.15) is 55.6 Å². The third-order valence-electron chi connectivity index (χ3n) is 5.60. The molecule has 1 aliphatic carbocycles. The molecule has 156 valence electrons. The van der Waals surface area contributed by atoms with E-state index in [1.54, 1.807) is 27.2 Å². The van der Waals surface area contributed by atoms with Gasteiger partial charge in [-0.15, -0.1) is 0 Å². The molecule has 1 fully saturated rings. The molecular formula is C22H26N6O2. The highest BCUT2D eigenvalue weighted by molar-refractivity contribution is 5.79. The number of pyridine rings is 1. The van der Waals surface area contributed by atoms with Crippen molar-refractivity contribution in [2.24, 2.45) is 10.7 Å². The molecule has 0 bridgehead atoms. The largest absolute Gasteiger partial charge is 0.494 e. The van der Waals surface area contributed by atoms with Gasteiger partial charge in [-0.25, -0.2) is 9.98 Å². The van der Waals surface area contributed by atoms with E-state index in [1.807, 2.05) is 30.3 Å². The maximum atomic E-state index is 10.1. The number of methoxy groups -OCH3 is 1. The fourth-order valence-corrected chi connectivity index (χ4v) is 3.74. The van der Waals surface area contributed by atoms with Gasteiger partial charge in [-0.2, -0.15) is 5.10 Å². The van der Waals surface area contributed by atoms with Gasteiger partial charge in [0.15, 0.2) is 5.82 Å². The number of nitrogens with one attached hydrogen (secondary N) is 1. The number of benzene rings is 1. The number of nitrogens with zero attached hydrogens (tertiary/aromatic N) is 4. The molecule has 4 N–H and O–H groups in total. The minimum Gasteiger partial charge on any atom is -0.494 e. The summed E-state index contributed by atoms with van der Waals surface area (Å²) in [6, 6.07) is 9.56. The highest BCUT2D eigenvalue weighted by Gasteiger charge is 2.35. The lowest BCUT2D eigenvalue weighted by Gasteiger charge is -2.33. The fourth-order valence-electron chi connectivity index (χ4n) is 3.74. The van der Waals surface area contributed by atoms with Crippen LogP contribution in [0, 0.1) is 0 Å². The first-order valence-electron chi connectivity index (χ1n) is 9.93. The average molecular weight is 406 g/mol. The van der Waals surface area contributed by atoms with Crippen LogP contribution in [-0.2, 0) is 5.60 Å². The van der Waals surface area contributed by atoms with E-state index in [2.05, 4.69) is 20.2 Å². The zero-order valence-corrected chi connectivity index (χ0v) is 17.3. The molecule has 2 aromatic heterocycles. The third-order valence-corrected chi connectivity index (χ3v) is 5.60. The van der Waals surface area contributed by atoms with Crippen molar-refractivity contribution < 1.29 is 9.84 Å². The lowest BCUT2D eigenvalue weighted by molar-refractivity contribution is 0.0781. The van der Waals surface area contributed by atoms with Crippen LogP contribution in [0.5, 0.6) is 5.75 Å². The van der Waals surface area contributed by atoms with E-state index in [9.17, 15) is 5.11 Å². The Morgan fingerprint density at radius 3 is 2.67 bits per heavy atom. The van der Waals surface area contributed by atoms with Crippen molar-refractivity contribution in [1.82, 2.24) is 20.2 Å². The highest BCUT2D eigenvalue weighted by atomic mass is 16.5. The van der Waals surface area contributed by atoms with Crippen molar-refractivity contribution >= 4 is 12.0 Å². The third kappa shape index (κ3) is 3.78. The summed E-state index contributed by atoms with van der Waals surface area (Å²) in [7, 11) is 1.59. The summed E-state index contributed by atoms with van der Waals surface area (Å²) in [6.45, 7) is 3.52. The normalized spacial score (nSPS) is 19.1. The van der Waals surface area contributed by atoms with E-state index < -0.39 is 5.60 Å². The van der Waals surface area contributed by atoms with Gasteiger partial charge >= 0.3 is 0 Å². The van der Waals surface area contributed by atoms with Crippen molar-refractivity contribution in [3.8, 4) is 17.1 Å². The summed E-state index contributed by atoms with van der Waals surface area (Å²) in [5.74, 6) is 2.73. The van der Waals surface area contributed by atoms with Crippen LogP contribution < -0.4 is 10.5 Å².